The Morgan fingerprint density at radius 1 is 1.12 bits per heavy atom. The van der Waals surface area contributed by atoms with Gasteiger partial charge in [0.25, 0.3) is 0 Å². The maximum Gasteiger partial charge on any atom is 0.237 e. The van der Waals surface area contributed by atoms with Crippen molar-refractivity contribution in [2.75, 3.05) is 19.6 Å². The van der Waals surface area contributed by atoms with E-state index in [2.05, 4.69) is 58.3 Å². The van der Waals surface area contributed by atoms with E-state index in [4.69, 9.17) is 12.6 Å². The second-order valence-corrected chi connectivity index (χ2v) is 8.51. The first-order valence-corrected chi connectivity index (χ1v) is 10.2. The van der Waals surface area contributed by atoms with Crippen molar-refractivity contribution in [1.29, 1.82) is 0 Å². The van der Waals surface area contributed by atoms with Crippen molar-refractivity contribution >= 4 is 30.3 Å². The van der Waals surface area contributed by atoms with Crippen LogP contribution in [0.5, 0.6) is 0 Å². The Morgan fingerprint density at radius 2 is 1.88 bits per heavy atom. The fourth-order valence-electron chi connectivity index (χ4n) is 3.72. The molecule has 0 aliphatic carbocycles. The van der Waals surface area contributed by atoms with Crippen LogP contribution in [0, 0.1) is 0 Å². The number of benzene rings is 2. The van der Waals surface area contributed by atoms with Crippen molar-refractivity contribution in [2.24, 2.45) is 0 Å². The zero-order valence-corrected chi connectivity index (χ0v) is 15.8. The van der Waals surface area contributed by atoms with Crippen LogP contribution >= 0.6 is 24.4 Å². The Hall–Kier alpha value is -1.43. The molecule has 130 valence electrons. The van der Waals surface area contributed by atoms with Crippen LogP contribution in [0.2, 0.25) is 0 Å². The molecule has 2 aliphatic heterocycles. The van der Waals surface area contributed by atoms with Gasteiger partial charge in [0.05, 0.1) is 12.6 Å². The molecule has 2 unspecified atom stereocenters. The molecule has 2 aromatic rings. The molecule has 0 saturated carbocycles. The molecule has 1 fully saturated rings. The summed E-state index contributed by atoms with van der Waals surface area (Å²) in [5.74, 6) is 1.13. The minimum Gasteiger partial charge on any atom is -0.333 e. The summed E-state index contributed by atoms with van der Waals surface area (Å²) >= 11 is 6.57. The minimum atomic E-state index is 0.0281. The number of hydrogen-bond acceptors (Lipinski definition) is 4. The lowest BCUT2D eigenvalue weighted by atomic mass is 9.91. The summed E-state index contributed by atoms with van der Waals surface area (Å²) in [6.45, 7) is 2.16. The SMILES string of the molecule is O=C1CN(C(S)SCc2ccccc2)CC2c3ccccc3CCN12. The number of carbonyl (C=O) groups excluding carboxylic acids is 1. The van der Waals surface area contributed by atoms with E-state index in [-0.39, 0.29) is 16.7 Å². The number of fused-ring (bicyclic) bond motifs is 3. The molecular weight excluding hydrogens is 348 g/mol. The second kappa shape index (κ2) is 7.44. The highest BCUT2D eigenvalue weighted by Gasteiger charge is 2.38. The van der Waals surface area contributed by atoms with Gasteiger partial charge < -0.3 is 4.90 Å². The van der Waals surface area contributed by atoms with Gasteiger partial charge >= 0.3 is 0 Å². The summed E-state index contributed by atoms with van der Waals surface area (Å²) in [5, 5.41) is 0. The molecule has 5 heteroatoms. The van der Waals surface area contributed by atoms with Gasteiger partial charge in [-0.25, -0.2) is 0 Å². The third kappa shape index (κ3) is 3.59. The van der Waals surface area contributed by atoms with Gasteiger partial charge in [-0.15, -0.1) is 24.4 Å². The maximum absolute atomic E-state index is 12.7. The molecule has 4 rings (SSSR count). The van der Waals surface area contributed by atoms with Crippen LogP contribution in [0.3, 0.4) is 0 Å². The zero-order chi connectivity index (χ0) is 17.2. The van der Waals surface area contributed by atoms with E-state index in [0.29, 0.717) is 6.54 Å². The molecule has 2 atom stereocenters. The molecule has 2 aromatic carbocycles. The minimum absolute atomic E-state index is 0.0281. The highest BCUT2D eigenvalue weighted by molar-refractivity contribution is 8.09. The van der Waals surface area contributed by atoms with Gasteiger partial charge in [-0.1, -0.05) is 54.6 Å². The van der Waals surface area contributed by atoms with Gasteiger partial charge in [0.1, 0.15) is 4.71 Å². The maximum atomic E-state index is 12.7. The largest absolute Gasteiger partial charge is 0.333 e. The first-order chi connectivity index (χ1) is 12.2. The number of nitrogens with zero attached hydrogens (tertiary/aromatic N) is 2. The molecule has 25 heavy (non-hydrogen) atoms. The fraction of sp³-hybridized carbons (Fsp3) is 0.350. The predicted molar refractivity (Wildman–Crippen MR) is 107 cm³/mol. The molecule has 1 saturated heterocycles. The van der Waals surface area contributed by atoms with Crippen molar-refractivity contribution < 1.29 is 4.79 Å². The van der Waals surface area contributed by atoms with E-state index >= 15 is 0 Å². The number of amides is 1. The molecule has 2 heterocycles. The summed E-state index contributed by atoms with van der Waals surface area (Å²) in [7, 11) is 0. The van der Waals surface area contributed by atoms with Crippen LogP contribution in [0.15, 0.2) is 54.6 Å². The molecule has 0 N–H and O–H groups in total. The number of rotatable bonds is 4. The molecule has 0 radical (unpaired) electrons. The van der Waals surface area contributed by atoms with E-state index in [1.54, 1.807) is 11.8 Å². The lowest BCUT2D eigenvalue weighted by Crippen LogP contribution is -2.55. The van der Waals surface area contributed by atoms with Crippen molar-refractivity contribution in [3.63, 3.8) is 0 Å². The highest BCUT2D eigenvalue weighted by atomic mass is 32.2. The number of thiol groups is 1. The van der Waals surface area contributed by atoms with E-state index in [0.717, 1.165) is 25.3 Å². The van der Waals surface area contributed by atoms with Crippen molar-refractivity contribution in [3.05, 3.63) is 71.3 Å². The Labute approximate surface area is 158 Å². The summed E-state index contributed by atoms with van der Waals surface area (Å²) in [6, 6.07) is 19.1. The fourth-order valence-corrected chi connectivity index (χ4v) is 5.02. The average Bonchev–Trinajstić information content (AvgIpc) is 2.66. The highest BCUT2D eigenvalue weighted by Crippen LogP contribution is 2.35. The van der Waals surface area contributed by atoms with Gasteiger partial charge in [0.2, 0.25) is 5.91 Å². The number of thioether (sulfide) groups is 1. The van der Waals surface area contributed by atoms with Crippen LogP contribution < -0.4 is 0 Å². The Kier molecular flexibility index (Phi) is 5.06. The van der Waals surface area contributed by atoms with Crippen LogP contribution in [0.4, 0.5) is 0 Å². The molecular formula is C20H22N2OS2. The van der Waals surface area contributed by atoms with Gasteiger partial charge in [0, 0.05) is 18.8 Å². The summed E-state index contributed by atoms with van der Waals surface area (Å²) in [5.41, 5.74) is 3.98. The van der Waals surface area contributed by atoms with Crippen molar-refractivity contribution in [3.8, 4) is 0 Å². The van der Waals surface area contributed by atoms with E-state index < -0.39 is 0 Å². The van der Waals surface area contributed by atoms with Gasteiger partial charge in [-0.05, 0) is 23.1 Å². The smallest absolute Gasteiger partial charge is 0.237 e. The Balaban J connectivity index is 1.46. The Bertz CT molecular complexity index is 752. The van der Waals surface area contributed by atoms with Crippen LogP contribution in [-0.2, 0) is 17.0 Å². The molecule has 1 amide bonds. The monoisotopic (exact) mass is 370 g/mol. The number of hydrogen-bond donors (Lipinski definition) is 1. The zero-order valence-electron chi connectivity index (χ0n) is 14.0. The molecule has 0 aromatic heterocycles. The van der Waals surface area contributed by atoms with Crippen LogP contribution in [-0.4, -0.2) is 40.0 Å². The summed E-state index contributed by atoms with van der Waals surface area (Å²) < 4.78 is 0.0281. The quantitative estimate of drug-likeness (QED) is 0.657. The molecule has 0 spiro atoms. The topological polar surface area (TPSA) is 23.6 Å². The molecule has 0 bridgehead atoms. The Morgan fingerprint density at radius 3 is 2.72 bits per heavy atom. The third-order valence-electron chi connectivity index (χ3n) is 5.03. The lowest BCUT2D eigenvalue weighted by molar-refractivity contribution is -0.140. The normalized spacial score (nSPS) is 21.6. The molecule has 3 nitrogen and oxygen atoms in total. The summed E-state index contributed by atoms with van der Waals surface area (Å²) in [4.78, 5) is 16.9. The van der Waals surface area contributed by atoms with Gasteiger partial charge in [-0.3, -0.25) is 9.69 Å². The van der Waals surface area contributed by atoms with Gasteiger partial charge in [-0.2, -0.15) is 0 Å². The lowest BCUT2D eigenvalue weighted by Gasteiger charge is -2.45. The first-order valence-electron chi connectivity index (χ1n) is 8.67. The van der Waals surface area contributed by atoms with E-state index in [9.17, 15) is 4.79 Å². The average molecular weight is 371 g/mol. The number of carbonyl (C=O) groups is 1. The van der Waals surface area contributed by atoms with E-state index in [1.807, 2.05) is 6.07 Å². The number of piperazine rings is 1. The predicted octanol–water partition coefficient (Wildman–Crippen LogP) is 3.57. The van der Waals surface area contributed by atoms with Crippen LogP contribution in [0.25, 0.3) is 0 Å². The van der Waals surface area contributed by atoms with Crippen molar-refractivity contribution in [1.82, 2.24) is 9.80 Å². The first kappa shape index (κ1) is 17.0. The van der Waals surface area contributed by atoms with E-state index in [1.165, 1.54) is 16.7 Å². The second-order valence-electron chi connectivity index (χ2n) is 6.60. The van der Waals surface area contributed by atoms with Crippen LogP contribution in [0.1, 0.15) is 22.7 Å². The third-order valence-corrected chi connectivity index (χ3v) is 6.90. The molecule has 2 aliphatic rings. The standard InChI is InChI=1S/C20H22N2OS2/c23-19-13-21(20(24)25-14-15-6-2-1-3-7-15)12-18-17-9-5-4-8-16(17)10-11-22(18)19/h1-9,18,20,24H,10-14H2. The van der Waals surface area contributed by atoms with Gasteiger partial charge in [0.15, 0.2) is 0 Å². The summed E-state index contributed by atoms with van der Waals surface area (Å²) in [6.07, 6.45) is 0.964. The van der Waals surface area contributed by atoms with Crippen molar-refractivity contribution in [2.45, 2.75) is 22.9 Å².